The van der Waals surface area contributed by atoms with E-state index in [9.17, 15) is 14.9 Å². The number of likely N-dealkylation sites (N-methyl/N-ethyl adjacent to an activating group) is 1. The summed E-state index contributed by atoms with van der Waals surface area (Å²) in [5.41, 5.74) is 2.53. The van der Waals surface area contributed by atoms with E-state index in [4.69, 9.17) is 16.3 Å². The molecule has 4 aromatic heterocycles. The van der Waals surface area contributed by atoms with Gasteiger partial charge in [0.2, 0.25) is 12.2 Å². The van der Waals surface area contributed by atoms with Crippen molar-refractivity contribution in [2.75, 3.05) is 31.3 Å². The van der Waals surface area contributed by atoms with Crippen LogP contribution in [0.15, 0.2) is 79.7 Å². The molecule has 1 aromatic carbocycles. The second-order valence-corrected chi connectivity index (χ2v) is 11.1. The lowest BCUT2D eigenvalue weighted by molar-refractivity contribution is -0.898. The molecule has 0 saturated heterocycles. The molecule has 15 heteroatoms. The molecule has 14 nitrogen and oxygen atoms in total. The molecule has 2 N–H and O–H groups in total. The average Bonchev–Trinajstić information content (AvgIpc) is 3.36. The van der Waals surface area contributed by atoms with Gasteiger partial charge in [-0.15, -0.1) is 0 Å². The highest BCUT2D eigenvalue weighted by atomic mass is 35.5. The van der Waals surface area contributed by atoms with Gasteiger partial charge in [0.25, 0.3) is 0 Å². The molecule has 45 heavy (non-hydrogen) atoms. The second kappa shape index (κ2) is 13.4. The summed E-state index contributed by atoms with van der Waals surface area (Å²) in [6.07, 6.45) is 9.20. The second-order valence-electron chi connectivity index (χ2n) is 10.7. The molecule has 0 aliphatic carbocycles. The number of pyridine rings is 2. The van der Waals surface area contributed by atoms with Gasteiger partial charge >= 0.3 is 5.82 Å². The third-order valence-electron chi connectivity index (χ3n) is 6.73. The fourth-order valence-electron chi connectivity index (χ4n) is 4.46. The van der Waals surface area contributed by atoms with Crippen molar-refractivity contribution in [2.24, 2.45) is 7.05 Å². The lowest BCUT2D eigenvalue weighted by atomic mass is 10.2. The number of anilines is 3. The first-order chi connectivity index (χ1) is 21.6. The number of nitro groups is 1. The summed E-state index contributed by atoms with van der Waals surface area (Å²) in [6.45, 7) is 1.08. The van der Waals surface area contributed by atoms with Crippen LogP contribution in [0, 0.1) is 10.1 Å². The first-order valence-electron chi connectivity index (χ1n) is 13.7. The van der Waals surface area contributed by atoms with E-state index >= 15 is 0 Å². The summed E-state index contributed by atoms with van der Waals surface area (Å²) in [5, 5.41) is 18.4. The van der Waals surface area contributed by atoms with E-state index in [1.165, 1.54) is 18.7 Å². The van der Waals surface area contributed by atoms with Crippen molar-refractivity contribution in [1.29, 1.82) is 0 Å². The highest BCUT2D eigenvalue weighted by Crippen LogP contribution is 2.31. The van der Waals surface area contributed by atoms with Crippen LogP contribution in [0.4, 0.5) is 23.1 Å². The zero-order chi connectivity index (χ0) is 32.0. The van der Waals surface area contributed by atoms with E-state index in [-0.39, 0.29) is 18.3 Å². The van der Waals surface area contributed by atoms with Gasteiger partial charge in [-0.05, 0) is 52.4 Å². The van der Waals surface area contributed by atoms with Crippen LogP contribution in [-0.2, 0) is 25.0 Å². The number of carbonyl (C=O) groups excluding carboxylic acids is 1. The maximum absolute atomic E-state index is 12.7. The lowest BCUT2D eigenvalue weighted by Crippen LogP contribution is -2.39. The molecule has 0 atom stereocenters. The molecule has 0 aliphatic rings. The number of hydrogen-bond acceptors (Lipinski definition) is 10. The molecule has 0 spiro atoms. The number of fused-ring (bicyclic) bond motifs is 1. The van der Waals surface area contributed by atoms with Crippen molar-refractivity contribution in [2.45, 2.75) is 13.2 Å². The van der Waals surface area contributed by atoms with Gasteiger partial charge in [-0.1, -0.05) is 17.7 Å². The molecule has 0 unspecified atom stereocenters. The van der Waals surface area contributed by atoms with Gasteiger partial charge in [0.15, 0.2) is 5.69 Å². The number of hydrogen-bond donors (Lipinski definition) is 2. The summed E-state index contributed by atoms with van der Waals surface area (Å²) >= 11 is 6.48. The fourth-order valence-corrected chi connectivity index (χ4v) is 4.69. The van der Waals surface area contributed by atoms with Crippen LogP contribution in [0.1, 0.15) is 11.4 Å². The van der Waals surface area contributed by atoms with Gasteiger partial charge in [-0.25, -0.2) is 15.0 Å². The van der Waals surface area contributed by atoms with E-state index in [1.54, 1.807) is 48.3 Å². The number of nitrogens with one attached hydrogen (secondary N) is 2. The van der Waals surface area contributed by atoms with Crippen LogP contribution in [0.3, 0.4) is 0 Å². The van der Waals surface area contributed by atoms with Gasteiger partial charge in [0.05, 0.1) is 43.1 Å². The quantitative estimate of drug-likeness (QED) is 0.0847. The molecular weight excluding hydrogens is 600 g/mol. The Kier molecular flexibility index (Phi) is 9.25. The smallest absolute Gasteiger partial charge is 0.390 e. The third-order valence-corrected chi connectivity index (χ3v) is 7.02. The molecule has 230 valence electrons. The van der Waals surface area contributed by atoms with Crippen molar-refractivity contribution < 1.29 is 18.9 Å². The number of carbonyl (C=O) groups is 1. The van der Waals surface area contributed by atoms with Crippen molar-refractivity contribution in [3.8, 4) is 5.75 Å². The number of nitrogens with zero attached hydrogens (tertiary/aromatic N) is 8. The molecule has 0 fully saturated rings. The Morgan fingerprint density at radius 3 is 2.73 bits per heavy atom. The first kappa shape index (κ1) is 31.0. The minimum absolute atomic E-state index is 0.170. The molecule has 0 radical (unpaired) electrons. The molecule has 5 rings (SSSR count). The lowest BCUT2D eigenvalue weighted by Gasteiger charge is -2.27. The van der Waals surface area contributed by atoms with Gasteiger partial charge in [0, 0.05) is 30.4 Å². The Bertz CT molecular complexity index is 1880. The average molecular weight is 630 g/mol. The topological polar surface area (TPSA) is 163 Å². The summed E-state index contributed by atoms with van der Waals surface area (Å²) in [5.74, 6) is 0.771. The number of quaternary nitrogens is 1. The Morgan fingerprint density at radius 1 is 1.13 bits per heavy atom. The van der Waals surface area contributed by atoms with Gasteiger partial charge in [-0.2, -0.15) is 0 Å². The minimum Gasteiger partial charge on any atom is -0.486 e. The maximum Gasteiger partial charge on any atom is 0.390 e. The normalized spacial score (nSPS) is 11.6. The third kappa shape index (κ3) is 7.93. The zero-order valence-electron chi connectivity index (χ0n) is 24.7. The van der Waals surface area contributed by atoms with E-state index < -0.39 is 4.92 Å². The molecule has 0 aliphatic heterocycles. The maximum atomic E-state index is 12.7. The number of amides is 1. The number of halogens is 1. The monoisotopic (exact) mass is 629 g/mol. The number of benzene rings is 1. The molecule has 5 aromatic rings. The molecule has 0 saturated carbocycles. The van der Waals surface area contributed by atoms with Crippen LogP contribution >= 0.6 is 11.6 Å². The summed E-state index contributed by atoms with van der Waals surface area (Å²) in [6, 6.07) is 12.6. The zero-order valence-corrected chi connectivity index (χ0v) is 25.5. The number of aryl methyl sites for hydroxylation is 1. The number of aromatic nitrogens is 6. The summed E-state index contributed by atoms with van der Waals surface area (Å²) in [7, 11) is 5.54. The van der Waals surface area contributed by atoms with Crippen LogP contribution in [0.25, 0.3) is 10.9 Å². The Hall–Kier alpha value is -5.47. The number of rotatable bonds is 12. The van der Waals surface area contributed by atoms with Gasteiger partial charge in [-0.3, -0.25) is 9.78 Å². The van der Waals surface area contributed by atoms with Crippen molar-refractivity contribution in [3.63, 3.8) is 0 Å². The molecule has 1 amide bonds. The minimum atomic E-state index is -0.493. The van der Waals surface area contributed by atoms with E-state index in [2.05, 4.69) is 35.6 Å². The van der Waals surface area contributed by atoms with Crippen molar-refractivity contribution in [1.82, 2.24) is 29.5 Å². The van der Waals surface area contributed by atoms with E-state index in [1.807, 2.05) is 38.4 Å². The van der Waals surface area contributed by atoms with Crippen LogP contribution in [0.5, 0.6) is 5.75 Å². The predicted octanol–water partition coefficient (Wildman–Crippen LogP) is 4.81. The van der Waals surface area contributed by atoms with E-state index in [0.717, 1.165) is 5.69 Å². The van der Waals surface area contributed by atoms with Crippen LogP contribution in [-0.4, -0.2) is 65.4 Å². The molecule has 0 bridgehead atoms. The highest BCUT2D eigenvalue weighted by Gasteiger charge is 2.27. The molecular formula is C30H30ClN10O4+. The van der Waals surface area contributed by atoms with Crippen molar-refractivity contribution >= 4 is 51.6 Å². The van der Waals surface area contributed by atoms with Crippen LogP contribution in [0.2, 0.25) is 5.02 Å². The first-order valence-corrected chi connectivity index (χ1v) is 14.1. The fraction of sp³-hybridized carbons (Fsp3) is 0.200. The number of ether oxygens (including phenoxy) is 1. The predicted molar refractivity (Wildman–Crippen MR) is 169 cm³/mol. The molecule has 4 heterocycles. The van der Waals surface area contributed by atoms with Gasteiger partial charge in [0.1, 0.15) is 36.9 Å². The highest BCUT2D eigenvalue weighted by molar-refractivity contribution is 6.32. The Labute approximate surface area is 263 Å². The summed E-state index contributed by atoms with van der Waals surface area (Å²) < 4.78 is 7.81. The Morgan fingerprint density at radius 2 is 1.98 bits per heavy atom. The Balaban J connectivity index is 1.23. The van der Waals surface area contributed by atoms with Gasteiger partial charge < -0.3 is 34.5 Å². The van der Waals surface area contributed by atoms with Crippen LogP contribution < -0.4 is 15.4 Å². The summed E-state index contributed by atoms with van der Waals surface area (Å²) in [4.78, 5) is 44.6. The largest absolute Gasteiger partial charge is 0.486 e. The standard InChI is InChI=1S/C30H29ClN10O4/c1-39-19-36-30(40(43)44)25(39)16-41(2,3)12-6-8-28(42)38-27-14-22-24(15-33-27)34-18-35-29(22)37-20-9-10-26(23(31)13-20)45-17-21-7-4-5-11-32-21/h4-11,13-15,18-19H,12,16-17H2,1-3H3,(H-,33,34,35,37,38,42)/p+1/b8-6+. The van der Waals surface area contributed by atoms with Crippen molar-refractivity contribution in [3.05, 3.63) is 106 Å². The van der Waals surface area contributed by atoms with E-state index in [0.29, 0.717) is 62.3 Å². The SMILES string of the molecule is Cn1cnc([N+](=O)[O-])c1C[N+](C)(C)C/C=C/C(=O)Nc1cc2c(Nc3ccc(OCc4ccccn4)c(Cl)c3)ncnc2cn1. The number of imidazole rings is 1.